The van der Waals surface area contributed by atoms with Crippen molar-refractivity contribution >= 4 is 12.1 Å². The van der Waals surface area contributed by atoms with E-state index in [4.69, 9.17) is 9.47 Å². The van der Waals surface area contributed by atoms with E-state index < -0.39 is 29.3 Å². The van der Waals surface area contributed by atoms with Crippen molar-refractivity contribution in [3.8, 4) is 0 Å². The zero-order valence-corrected chi connectivity index (χ0v) is 13.1. The van der Waals surface area contributed by atoms with Crippen molar-refractivity contribution in [2.45, 2.75) is 70.7 Å². The van der Waals surface area contributed by atoms with Crippen LogP contribution in [0.3, 0.4) is 0 Å². The van der Waals surface area contributed by atoms with E-state index >= 15 is 0 Å². The average Bonchev–Trinajstić information content (AvgIpc) is 2.64. The van der Waals surface area contributed by atoms with E-state index in [9.17, 15) is 14.7 Å². The fraction of sp³-hybridized carbons (Fsp3) is 0.857. The van der Waals surface area contributed by atoms with Gasteiger partial charge in [-0.05, 0) is 47.5 Å². The summed E-state index contributed by atoms with van der Waals surface area (Å²) in [7, 11) is 1.25. The van der Waals surface area contributed by atoms with Gasteiger partial charge < -0.3 is 14.6 Å². The molecule has 3 atom stereocenters. The first-order chi connectivity index (χ1) is 9.06. The number of hydrogen-bond acceptors (Lipinski definition) is 5. The third kappa shape index (κ3) is 2.90. The highest BCUT2D eigenvalue weighted by atomic mass is 16.6. The van der Waals surface area contributed by atoms with Gasteiger partial charge in [0.15, 0.2) is 5.54 Å². The fourth-order valence-corrected chi connectivity index (χ4v) is 2.68. The quantitative estimate of drug-likeness (QED) is 0.782. The highest BCUT2D eigenvalue weighted by Gasteiger charge is 2.57. The van der Waals surface area contributed by atoms with Gasteiger partial charge in [0, 0.05) is 6.04 Å². The molecule has 1 heterocycles. The molecule has 0 aromatic carbocycles. The molecule has 6 nitrogen and oxygen atoms in total. The van der Waals surface area contributed by atoms with Crippen LogP contribution in [-0.4, -0.2) is 52.5 Å². The van der Waals surface area contributed by atoms with Gasteiger partial charge in [-0.1, -0.05) is 0 Å². The molecule has 1 fully saturated rings. The van der Waals surface area contributed by atoms with Gasteiger partial charge in [0.2, 0.25) is 0 Å². The lowest BCUT2D eigenvalue weighted by Gasteiger charge is -2.40. The smallest absolute Gasteiger partial charge is 0.411 e. The molecule has 0 saturated carbocycles. The molecule has 1 rings (SSSR count). The number of likely N-dealkylation sites (tertiary alicyclic amines) is 1. The minimum atomic E-state index is -1.36. The largest absolute Gasteiger partial charge is 0.467 e. The second-order valence-electron chi connectivity index (χ2n) is 6.33. The summed E-state index contributed by atoms with van der Waals surface area (Å²) in [5.41, 5.74) is -2.03. The molecule has 0 aromatic rings. The number of carbonyl (C=O) groups is 2. The number of rotatable bonds is 2. The summed E-state index contributed by atoms with van der Waals surface area (Å²) in [4.78, 5) is 25.9. The summed E-state index contributed by atoms with van der Waals surface area (Å²) in [6, 6.07) is -0.196. The standard InChI is InChI=1S/C14H25NO5/c1-9-7-8-14(10(2)16,11(17)19-6)15(9)12(18)20-13(3,4)5/h9-10,16H,7-8H2,1-6H3. The number of esters is 1. The molecular weight excluding hydrogens is 262 g/mol. The van der Waals surface area contributed by atoms with Gasteiger partial charge in [0.05, 0.1) is 13.2 Å². The van der Waals surface area contributed by atoms with E-state index in [1.807, 2.05) is 6.92 Å². The number of carbonyl (C=O) groups excluding carboxylic acids is 2. The van der Waals surface area contributed by atoms with Crippen molar-refractivity contribution in [3.63, 3.8) is 0 Å². The molecule has 1 amide bonds. The number of aliphatic hydroxyl groups excluding tert-OH is 1. The van der Waals surface area contributed by atoms with Crippen LogP contribution in [0, 0.1) is 0 Å². The molecule has 1 saturated heterocycles. The molecule has 1 aliphatic rings. The first kappa shape index (κ1) is 16.8. The van der Waals surface area contributed by atoms with Crippen LogP contribution >= 0.6 is 0 Å². The summed E-state index contributed by atoms with van der Waals surface area (Å²) < 4.78 is 10.2. The van der Waals surface area contributed by atoms with Crippen LogP contribution in [0.1, 0.15) is 47.5 Å². The van der Waals surface area contributed by atoms with Crippen molar-refractivity contribution in [1.29, 1.82) is 0 Å². The van der Waals surface area contributed by atoms with E-state index in [2.05, 4.69) is 0 Å². The molecule has 0 spiro atoms. The Morgan fingerprint density at radius 3 is 2.35 bits per heavy atom. The molecule has 0 radical (unpaired) electrons. The summed E-state index contributed by atoms with van der Waals surface area (Å²) in [5.74, 6) is -0.609. The fourth-order valence-electron chi connectivity index (χ4n) is 2.68. The number of amides is 1. The molecule has 0 bridgehead atoms. The van der Waals surface area contributed by atoms with Crippen LogP contribution < -0.4 is 0 Å². The van der Waals surface area contributed by atoms with Crippen LogP contribution in [0.15, 0.2) is 0 Å². The lowest BCUT2D eigenvalue weighted by Crippen LogP contribution is -2.62. The van der Waals surface area contributed by atoms with Crippen LogP contribution in [0.2, 0.25) is 0 Å². The first-order valence-corrected chi connectivity index (χ1v) is 6.85. The molecule has 3 unspecified atom stereocenters. The molecule has 116 valence electrons. The van der Waals surface area contributed by atoms with Crippen LogP contribution in [-0.2, 0) is 14.3 Å². The Morgan fingerprint density at radius 2 is 1.95 bits per heavy atom. The monoisotopic (exact) mass is 287 g/mol. The van der Waals surface area contributed by atoms with Gasteiger partial charge >= 0.3 is 12.1 Å². The number of methoxy groups -OCH3 is 1. The third-order valence-electron chi connectivity index (χ3n) is 3.63. The van der Waals surface area contributed by atoms with Crippen LogP contribution in [0.4, 0.5) is 4.79 Å². The lowest BCUT2D eigenvalue weighted by atomic mass is 9.90. The molecule has 1 N–H and O–H groups in total. The average molecular weight is 287 g/mol. The zero-order valence-electron chi connectivity index (χ0n) is 13.1. The van der Waals surface area contributed by atoms with E-state index in [1.165, 1.54) is 18.9 Å². The highest BCUT2D eigenvalue weighted by Crippen LogP contribution is 2.38. The topological polar surface area (TPSA) is 76.1 Å². The summed E-state index contributed by atoms with van der Waals surface area (Å²) in [6.45, 7) is 8.60. The Balaban J connectivity index is 3.17. The highest BCUT2D eigenvalue weighted by molar-refractivity contribution is 5.87. The Morgan fingerprint density at radius 1 is 1.40 bits per heavy atom. The first-order valence-electron chi connectivity index (χ1n) is 6.85. The summed E-state index contributed by atoms with van der Waals surface area (Å²) >= 11 is 0. The third-order valence-corrected chi connectivity index (χ3v) is 3.63. The second-order valence-corrected chi connectivity index (χ2v) is 6.33. The summed E-state index contributed by atoms with van der Waals surface area (Å²) in [6.07, 6.45) is -0.669. The second kappa shape index (κ2) is 5.60. The molecule has 0 aliphatic carbocycles. The zero-order chi connectivity index (χ0) is 15.7. The number of nitrogens with zero attached hydrogens (tertiary/aromatic N) is 1. The molecule has 20 heavy (non-hydrogen) atoms. The predicted octanol–water partition coefficient (Wildman–Crippen LogP) is 1.70. The summed E-state index contributed by atoms with van der Waals surface area (Å²) in [5, 5.41) is 10.1. The predicted molar refractivity (Wildman–Crippen MR) is 73.2 cm³/mol. The van der Waals surface area contributed by atoms with Crippen molar-refractivity contribution in [3.05, 3.63) is 0 Å². The molecular formula is C14H25NO5. The minimum absolute atomic E-state index is 0.196. The minimum Gasteiger partial charge on any atom is -0.467 e. The molecule has 6 heteroatoms. The Labute approximate surface area is 120 Å². The Hall–Kier alpha value is -1.30. The molecule has 0 aromatic heterocycles. The van der Waals surface area contributed by atoms with E-state index in [0.717, 1.165) is 0 Å². The Bertz CT molecular complexity index is 388. The van der Waals surface area contributed by atoms with Crippen molar-refractivity contribution in [2.24, 2.45) is 0 Å². The normalized spacial score (nSPS) is 28.1. The van der Waals surface area contributed by atoms with Crippen LogP contribution in [0.5, 0.6) is 0 Å². The van der Waals surface area contributed by atoms with E-state index in [1.54, 1.807) is 20.8 Å². The van der Waals surface area contributed by atoms with E-state index in [0.29, 0.717) is 12.8 Å². The maximum absolute atomic E-state index is 12.4. The van der Waals surface area contributed by atoms with E-state index in [-0.39, 0.29) is 6.04 Å². The van der Waals surface area contributed by atoms with Crippen molar-refractivity contribution in [1.82, 2.24) is 4.90 Å². The maximum Gasteiger partial charge on any atom is 0.411 e. The van der Waals surface area contributed by atoms with Gasteiger partial charge in [0.25, 0.3) is 0 Å². The van der Waals surface area contributed by atoms with Crippen molar-refractivity contribution in [2.75, 3.05) is 7.11 Å². The SMILES string of the molecule is COC(=O)C1(C(C)O)CCC(C)N1C(=O)OC(C)(C)C. The number of aliphatic hydroxyl groups is 1. The van der Waals surface area contributed by atoms with Crippen molar-refractivity contribution < 1.29 is 24.2 Å². The lowest BCUT2D eigenvalue weighted by molar-refractivity contribution is -0.161. The van der Waals surface area contributed by atoms with Gasteiger partial charge in [0.1, 0.15) is 5.60 Å². The van der Waals surface area contributed by atoms with Crippen LogP contribution in [0.25, 0.3) is 0 Å². The Kier molecular flexibility index (Phi) is 4.69. The van der Waals surface area contributed by atoms with Gasteiger partial charge in [-0.25, -0.2) is 9.59 Å². The van der Waals surface area contributed by atoms with Gasteiger partial charge in [-0.2, -0.15) is 0 Å². The number of hydrogen-bond donors (Lipinski definition) is 1. The number of ether oxygens (including phenoxy) is 2. The van der Waals surface area contributed by atoms with Gasteiger partial charge in [-0.15, -0.1) is 0 Å². The maximum atomic E-state index is 12.4. The van der Waals surface area contributed by atoms with Gasteiger partial charge in [-0.3, -0.25) is 4.90 Å². The molecule has 1 aliphatic heterocycles.